The zero-order chi connectivity index (χ0) is 21.2. The summed E-state index contributed by atoms with van der Waals surface area (Å²) >= 11 is 1.01. The number of quaternary nitrogens is 1. The molecule has 2 aliphatic heterocycles. The lowest BCUT2D eigenvalue weighted by Gasteiger charge is -2.57. The van der Waals surface area contributed by atoms with Crippen molar-refractivity contribution in [2.75, 3.05) is 20.2 Å². The Labute approximate surface area is 171 Å². The molecule has 0 bridgehead atoms. The topological polar surface area (TPSA) is 125 Å². The first-order chi connectivity index (χ1) is 13.8. The van der Waals surface area contributed by atoms with E-state index < -0.39 is 28.0 Å². The van der Waals surface area contributed by atoms with Gasteiger partial charge in [-0.25, -0.2) is 4.79 Å². The van der Waals surface area contributed by atoms with Crippen LogP contribution >= 0.6 is 11.8 Å². The molecule has 2 amide bonds. The second kappa shape index (κ2) is 7.99. The van der Waals surface area contributed by atoms with Gasteiger partial charge >= 0.3 is 23.0 Å². The predicted molar refractivity (Wildman–Crippen MR) is 103 cm³/mol. The summed E-state index contributed by atoms with van der Waals surface area (Å²) in [6, 6.07) is 5.84. The maximum atomic E-state index is 12.7. The number of nitro groups is 1. The van der Waals surface area contributed by atoms with Gasteiger partial charge in [0.15, 0.2) is 0 Å². The van der Waals surface area contributed by atoms with Crippen LogP contribution in [0, 0.1) is 10.1 Å². The first kappa shape index (κ1) is 21.1. The number of amides is 2. The number of ether oxygens (including phenoxy) is 2. The third kappa shape index (κ3) is 3.55. The van der Waals surface area contributed by atoms with Crippen molar-refractivity contribution in [3.63, 3.8) is 0 Å². The third-order valence-electron chi connectivity index (χ3n) is 5.32. The van der Waals surface area contributed by atoms with Crippen LogP contribution in [-0.4, -0.2) is 57.9 Å². The zero-order valence-electron chi connectivity index (χ0n) is 16.1. The van der Waals surface area contributed by atoms with Gasteiger partial charge in [-0.05, 0) is 37.2 Å². The average Bonchev–Trinajstić information content (AvgIpc) is 2.69. The zero-order valence-corrected chi connectivity index (χ0v) is 16.9. The van der Waals surface area contributed by atoms with E-state index in [-0.39, 0.29) is 41.5 Å². The Morgan fingerprint density at radius 3 is 2.66 bits per heavy atom. The minimum atomic E-state index is -1.36. The largest absolute Gasteiger partial charge is 0.525 e. The molecule has 156 valence electrons. The fraction of sp³-hybridized carbons (Fsp3) is 0.500. The van der Waals surface area contributed by atoms with Gasteiger partial charge in [-0.2, -0.15) is 9.28 Å². The molecule has 29 heavy (non-hydrogen) atoms. The molecule has 0 aliphatic carbocycles. The lowest BCUT2D eigenvalue weighted by molar-refractivity contribution is -0.986. The number of benzene rings is 1. The summed E-state index contributed by atoms with van der Waals surface area (Å²) in [5.41, 5.74) is -0.770. The number of nitro benzene ring substituents is 1. The summed E-state index contributed by atoms with van der Waals surface area (Å²) in [6.07, 6.45) is 0.216. The number of thioether (sulfide) groups is 1. The normalized spacial score (nSPS) is 27.8. The number of rotatable bonds is 6. The fourth-order valence-corrected chi connectivity index (χ4v) is 4.96. The standard InChI is InChI=1S/C18H21N3O7S/c1-3-27-17(24)29-14-8-9-18(15(22)19-2)21(11-14,16(23)28-18)10-12-4-6-13(7-5-12)20(25)26/h4-7,14H,3,8-11H2,1-2H3/p+1/t14-,18?,21?/m0/s1. The van der Waals surface area contributed by atoms with Gasteiger partial charge in [0, 0.05) is 24.7 Å². The lowest BCUT2D eigenvalue weighted by Crippen LogP contribution is -2.85. The summed E-state index contributed by atoms with van der Waals surface area (Å²) in [5.74, 6) is -0.404. The van der Waals surface area contributed by atoms with E-state index in [1.54, 1.807) is 19.1 Å². The molecule has 10 nitrogen and oxygen atoms in total. The minimum absolute atomic E-state index is 0.0631. The first-order valence-electron chi connectivity index (χ1n) is 9.17. The molecule has 3 rings (SSSR count). The van der Waals surface area contributed by atoms with E-state index in [0.29, 0.717) is 12.0 Å². The number of hydrogen-bond donors (Lipinski definition) is 1. The van der Waals surface area contributed by atoms with Crippen LogP contribution in [0.25, 0.3) is 0 Å². The lowest BCUT2D eigenvalue weighted by atomic mass is 9.89. The van der Waals surface area contributed by atoms with Gasteiger partial charge in [0.05, 0.1) is 23.2 Å². The highest BCUT2D eigenvalue weighted by molar-refractivity contribution is 8.13. The number of piperidine rings is 1. The number of fused-ring (bicyclic) bond motifs is 1. The Bertz CT molecular complexity index is 846. The van der Waals surface area contributed by atoms with Gasteiger partial charge in [0.2, 0.25) is 0 Å². The molecule has 1 aromatic carbocycles. The second-order valence-corrected chi connectivity index (χ2v) is 8.16. The maximum absolute atomic E-state index is 12.7. The van der Waals surface area contributed by atoms with Crippen molar-refractivity contribution in [2.24, 2.45) is 0 Å². The predicted octanol–water partition coefficient (Wildman–Crippen LogP) is 2.56. The summed E-state index contributed by atoms with van der Waals surface area (Å²) in [7, 11) is 1.48. The van der Waals surface area contributed by atoms with Gasteiger partial charge in [-0.15, -0.1) is 0 Å². The molecule has 0 saturated carbocycles. The number of carbonyl (C=O) groups excluding carboxylic acids is 3. The van der Waals surface area contributed by atoms with Crippen LogP contribution in [-0.2, 0) is 20.8 Å². The minimum Gasteiger partial charge on any atom is -0.458 e. The van der Waals surface area contributed by atoms with Gasteiger partial charge in [0.1, 0.15) is 13.1 Å². The number of nitrogens with zero attached hydrogens (tertiary/aromatic N) is 2. The van der Waals surface area contributed by atoms with Crippen LogP contribution in [0.2, 0.25) is 0 Å². The number of non-ortho nitro benzene ring substituents is 1. The first-order valence-corrected chi connectivity index (χ1v) is 10.1. The van der Waals surface area contributed by atoms with Crippen molar-refractivity contribution in [1.82, 2.24) is 5.32 Å². The quantitative estimate of drug-likeness (QED) is 0.320. The molecule has 1 aromatic rings. The molecular weight excluding hydrogens is 402 g/mol. The molecule has 1 N–H and O–H groups in total. The van der Waals surface area contributed by atoms with Crippen LogP contribution in [0.5, 0.6) is 0 Å². The Morgan fingerprint density at radius 2 is 2.10 bits per heavy atom. The SMILES string of the molecule is CCOC(=O)S[C@H]1CCC2(C(=O)NC)OC(=O)[N+]2(Cc2ccc([N+](=O)[O-])cc2)C1. The average molecular weight is 424 g/mol. The summed E-state index contributed by atoms with van der Waals surface area (Å²) in [5, 5.41) is 12.8. The Morgan fingerprint density at radius 1 is 1.41 bits per heavy atom. The Hall–Kier alpha value is -2.66. The molecule has 3 atom stereocenters. The highest BCUT2D eigenvalue weighted by atomic mass is 32.2. The van der Waals surface area contributed by atoms with Crippen molar-refractivity contribution in [3.05, 3.63) is 39.9 Å². The highest BCUT2D eigenvalue weighted by Crippen LogP contribution is 2.50. The summed E-state index contributed by atoms with van der Waals surface area (Å²) < 4.78 is 10.1. The summed E-state index contributed by atoms with van der Waals surface area (Å²) in [6.45, 7) is 2.31. The van der Waals surface area contributed by atoms with Crippen LogP contribution in [0.1, 0.15) is 25.3 Å². The molecule has 0 spiro atoms. The molecule has 0 radical (unpaired) electrons. The number of nitrogens with one attached hydrogen (secondary N) is 1. The van der Waals surface area contributed by atoms with Crippen LogP contribution in [0.3, 0.4) is 0 Å². The Balaban J connectivity index is 1.91. The van der Waals surface area contributed by atoms with Crippen LogP contribution < -0.4 is 5.32 Å². The molecule has 0 aromatic heterocycles. The maximum Gasteiger partial charge on any atom is 0.525 e. The van der Waals surface area contributed by atoms with Crippen molar-refractivity contribution in [2.45, 2.75) is 37.3 Å². The van der Waals surface area contributed by atoms with E-state index in [1.165, 1.54) is 19.2 Å². The van der Waals surface area contributed by atoms with E-state index in [0.717, 1.165) is 11.8 Å². The second-order valence-electron chi connectivity index (χ2n) is 6.93. The number of carbonyl (C=O) groups is 3. The number of hydrogen-bond acceptors (Lipinski definition) is 8. The summed E-state index contributed by atoms with van der Waals surface area (Å²) in [4.78, 5) is 47.6. The van der Waals surface area contributed by atoms with E-state index in [4.69, 9.17) is 9.47 Å². The van der Waals surface area contributed by atoms with E-state index in [9.17, 15) is 24.5 Å². The van der Waals surface area contributed by atoms with Gasteiger partial charge in [-0.1, -0.05) is 0 Å². The Kier molecular flexibility index (Phi) is 5.80. The van der Waals surface area contributed by atoms with Crippen molar-refractivity contribution >= 4 is 34.8 Å². The third-order valence-corrected chi connectivity index (χ3v) is 6.35. The molecule has 2 fully saturated rings. The highest BCUT2D eigenvalue weighted by Gasteiger charge is 2.76. The molecule has 2 saturated heterocycles. The molecule has 2 unspecified atom stereocenters. The van der Waals surface area contributed by atoms with Crippen LogP contribution in [0.15, 0.2) is 24.3 Å². The monoisotopic (exact) mass is 424 g/mol. The fourth-order valence-electron chi connectivity index (χ4n) is 3.94. The van der Waals surface area contributed by atoms with E-state index >= 15 is 0 Å². The van der Waals surface area contributed by atoms with Gasteiger partial charge in [-0.3, -0.25) is 14.9 Å². The smallest absolute Gasteiger partial charge is 0.458 e. The molecular formula is C18H22N3O7S+. The molecule has 2 aliphatic rings. The van der Waals surface area contributed by atoms with Crippen molar-refractivity contribution in [3.8, 4) is 0 Å². The number of likely N-dealkylation sites (N-methyl/N-ethyl adjacent to an activating group) is 1. The van der Waals surface area contributed by atoms with Gasteiger partial charge in [0.25, 0.3) is 5.69 Å². The van der Waals surface area contributed by atoms with E-state index in [1.807, 2.05) is 0 Å². The van der Waals surface area contributed by atoms with Gasteiger partial charge < -0.3 is 14.8 Å². The molecule has 2 heterocycles. The van der Waals surface area contributed by atoms with Crippen LogP contribution in [0.4, 0.5) is 15.3 Å². The van der Waals surface area contributed by atoms with E-state index in [2.05, 4.69) is 5.32 Å². The van der Waals surface area contributed by atoms with Crippen molar-refractivity contribution in [1.29, 1.82) is 0 Å². The molecule has 11 heteroatoms. The van der Waals surface area contributed by atoms with Crippen molar-refractivity contribution < 1.29 is 33.3 Å².